The maximum absolute atomic E-state index is 5.58. The number of nitrogens with two attached hydrogens (primary N) is 1. The molecule has 17 heavy (non-hydrogen) atoms. The molecule has 3 N–H and O–H groups in total. The van der Waals surface area contributed by atoms with E-state index in [0.29, 0.717) is 0 Å². The second-order valence-corrected chi connectivity index (χ2v) is 3.98. The van der Waals surface area contributed by atoms with Gasteiger partial charge in [0.2, 0.25) is 0 Å². The number of hydrazine groups is 1. The quantitative estimate of drug-likeness (QED) is 0.615. The minimum Gasteiger partial charge on any atom is -0.271 e. The molecular formula is C13H16N4. The molecule has 0 saturated carbocycles. The number of aromatic nitrogens is 2. The maximum Gasteiger partial charge on any atom is 0.0772 e. The van der Waals surface area contributed by atoms with Crippen molar-refractivity contribution in [3.63, 3.8) is 0 Å². The first-order chi connectivity index (χ1) is 8.31. The van der Waals surface area contributed by atoms with Crippen LogP contribution in [-0.2, 0) is 6.42 Å². The van der Waals surface area contributed by atoms with Crippen LogP contribution in [0.15, 0.2) is 42.9 Å². The van der Waals surface area contributed by atoms with Gasteiger partial charge in [0.15, 0.2) is 0 Å². The lowest BCUT2D eigenvalue weighted by atomic mass is 10.00. The molecule has 0 spiro atoms. The van der Waals surface area contributed by atoms with E-state index < -0.39 is 0 Å². The van der Waals surface area contributed by atoms with Crippen LogP contribution in [0.5, 0.6) is 0 Å². The zero-order valence-electron chi connectivity index (χ0n) is 9.80. The van der Waals surface area contributed by atoms with Gasteiger partial charge in [-0.05, 0) is 24.5 Å². The van der Waals surface area contributed by atoms with E-state index in [2.05, 4.69) is 34.5 Å². The van der Waals surface area contributed by atoms with Crippen molar-refractivity contribution in [1.82, 2.24) is 15.4 Å². The molecule has 0 aliphatic carbocycles. The van der Waals surface area contributed by atoms with Crippen molar-refractivity contribution in [1.29, 1.82) is 0 Å². The van der Waals surface area contributed by atoms with Gasteiger partial charge in [0, 0.05) is 12.4 Å². The summed E-state index contributed by atoms with van der Waals surface area (Å²) in [5.74, 6) is 5.58. The van der Waals surface area contributed by atoms with E-state index in [-0.39, 0.29) is 6.04 Å². The fraction of sp³-hybridized carbons (Fsp3) is 0.231. The molecule has 0 aliphatic heterocycles. The SMILES string of the molecule is Cc1ccccc1CC(NN)c1cnccn1. The molecule has 4 nitrogen and oxygen atoms in total. The lowest BCUT2D eigenvalue weighted by Crippen LogP contribution is -2.30. The molecule has 2 aromatic rings. The predicted octanol–water partition coefficient (Wildman–Crippen LogP) is 1.53. The molecule has 2 rings (SSSR count). The third-order valence-corrected chi connectivity index (χ3v) is 2.83. The van der Waals surface area contributed by atoms with Gasteiger partial charge < -0.3 is 0 Å². The summed E-state index contributed by atoms with van der Waals surface area (Å²) in [6.07, 6.45) is 5.88. The molecular weight excluding hydrogens is 212 g/mol. The highest BCUT2D eigenvalue weighted by Gasteiger charge is 2.12. The topological polar surface area (TPSA) is 63.8 Å². The Morgan fingerprint density at radius 2 is 2.12 bits per heavy atom. The zero-order valence-corrected chi connectivity index (χ0v) is 9.80. The first-order valence-electron chi connectivity index (χ1n) is 5.58. The van der Waals surface area contributed by atoms with Crippen molar-refractivity contribution in [3.8, 4) is 0 Å². The van der Waals surface area contributed by atoms with E-state index in [4.69, 9.17) is 5.84 Å². The number of aryl methyl sites for hydroxylation is 1. The Labute approximate surface area is 101 Å². The summed E-state index contributed by atoms with van der Waals surface area (Å²) >= 11 is 0. The average Bonchev–Trinajstić information content (AvgIpc) is 2.39. The normalized spacial score (nSPS) is 12.4. The summed E-state index contributed by atoms with van der Waals surface area (Å²) in [6, 6.07) is 8.26. The van der Waals surface area contributed by atoms with Gasteiger partial charge in [0.05, 0.1) is 17.9 Å². The van der Waals surface area contributed by atoms with Gasteiger partial charge in [-0.2, -0.15) is 0 Å². The van der Waals surface area contributed by atoms with Gasteiger partial charge in [-0.25, -0.2) is 0 Å². The van der Waals surface area contributed by atoms with E-state index in [9.17, 15) is 0 Å². The number of rotatable bonds is 4. The van der Waals surface area contributed by atoms with Crippen LogP contribution in [0.2, 0.25) is 0 Å². The largest absolute Gasteiger partial charge is 0.271 e. The van der Waals surface area contributed by atoms with E-state index in [0.717, 1.165) is 12.1 Å². The molecule has 0 radical (unpaired) electrons. The van der Waals surface area contributed by atoms with Crippen molar-refractivity contribution >= 4 is 0 Å². The molecule has 1 aromatic heterocycles. The molecule has 4 heteroatoms. The van der Waals surface area contributed by atoms with Gasteiger partial charge in [0.1, 0.15) is 0 Å². The highest BCUT2D eigenvalue weighted by molar-refractivity contribution is 5.27. The number of benzene rings is 1. The van der Waals surface area contributed by atoms with Crippen LogP contribution in [0.3, 0.4) is 0 Å². The highest BCUT2D eigenvalue weighted by atomic mass is 15.2. The molecule has 0 amide bonds. The molecule has 1 aromatic carbocycles. The zero-order chi connectivity index (χ0) is 12.1. The second kappa shape index (κ2) is 5.52. The summed E-state index contributed by atoms with van der Waals surface area (Å²) in [5, 5.41) is 0. The van der Waals surface area contributed by atoms with E-state index in [1.54, 1.807) is 18.6 Å². The Morgan fingerprint density at radius 3 is 2.76 bits per heavy atom. The summed E-state index contributed by atoms with van der Waals surface area (Å²) in [4.78, 5) is 8.33. The maximum atomic E-state index is 5.58. The minimum atomic E-state index is -0.00944. The first-order valence-corrected chi connectivity index (χ1v) is 5.58. The van der Waals surface area contributed by atoms with Gasteiger partial charge in [-0.15, -0.1) is 0 Å². The number of nitrogens with one attached hydrogen (secondary N) is 1. The van der Waals surface area contributed by atoms with Crippen molar-refractivity contribution in [2.75, 3.05) is 0 Å². The Balaban J connectivity index is 2.19. The van der Waals surface area contributed by atoms with Crippen molar-refractivity contribution in [2.45, 2.75) is 19.4 Å². The lowest BCUT2D eigenvalue weighted by Gasteiger charge is -2.16. The Morgan fingerprint density at radius 1 is 1.29 bits per heavy atom. The molecule has 88 valence electrons. The second-order valence-electron chi connectivity index (χ2n) is 3.98. The van der Waals surface area contributed by atoms with Gasteiger partial charge in [-0.3, -0.25) is 21.2 Å². The van der Waals surface area contributed by atoms with Crippen LogP contribution < -0.4 is 11.3 Å². The fourth-order valence-electron chi connectivity index (χ4n) is 1.80. The minimum absolute atomic E-state index is 0.00944. The van der Waals surface area contributed by atoms with Crippen LogP contribution in [-0.4, -0.2) is 9.97 Å². The Hall–Kier alpha value is -1.78. The van der Waals surface area contributed by atoms with Gasteiger partial charge in [0.25, 0.3) is 0 Å². The molecule has 0 saturated heterocycles. The summed E-state index contributed by atoms with van der Waals surface area (Å²) in [7, 11) is 0. The fourth-order valence-corrected chi connectivity index (χ4v) is 1.80. The molecule has 0 aliphatic rings. The van der Waals surface area contributed by atoms with Crippen molar-refractivity contribution in [3.05, 3.63) is 59.7 Å². The van der Waals surface area contributed by atoms with Crippen LogP contribution in [0.25, 0.3) is 0 Å². The standard InChI is InChI=1S/C13H16N4/c1-10-4-2-3-5-11(10)8-12(17-14)13-9-15-6-7-16-13/h2-7,9,12,17H,8,14H2,1H3. The van der Waals surface area contributed by atoms with Crippen LogP contribution in [0.1, 0.15) is 22.9 Å². The van der Waals surface area contributed by atoms with Gasteiger partial charge >= 0.3 is 0 Å². The number of nitrogens with zero attached hydrogens (tertiary/aromatic N) is 2. The molecule has 1 heterocycles. The summed E-state index contributed by atoms with van der Waals surface area (Å²) < 4.78 is 0. The van der Waals surface area contributed by atoms with Crippen molar-refractivity contribution < 1.29 is 0 Å². The molecule has 1 unspecified atom stereocenters. The average molecular weight is 228 g/mol. The van der Waals surface area contributed by atoms with Crippen molar-refractivity contribution in [2.24, 2.45) is 5.84 Å². The summed E-state index contributed by atoms with van der Waals surface area (Å²) in [5.41, 5.74) is 6.18. The molecule has 0 bridgehead atoms. The highest BCUT2D eigenvalue weighted by Crippen LogP contribution is 2.17. The van der Waals surface area contributed by atoms with Crippen LogP contribution in [0.4, 0.5) is 0 Å². The third-order valence-electron chi connectivity index (χ3n) is 2.83. The van der Waals surface area contributed by atoms with E-state index in [1.807, 2.05) is 12.1 Å². The third kappa shape index (κ3) is 2.87. The molecule has 1 atom stereocenters. The Kier molecular flexibility index (Phi) is 3.80. The first kappa shape index (κ1) is 11.7. The van der Waals surface area contributed by atoms with E-state index in [1.165, 1.54) is 11.1 Å². The lowest BCUT2D eigenvalue weighted by molar-refractivity contribution is 0.535. The Bertz CT molecular complexity index is 470. The van der Waals surface area contributed by atoms with Crippen LogP contribution >= 0.6 is 0 Å². The smallest absolute Gasteiger partial charge is 0.0772 e. The van der Waals surface area contributed by atoms with E-state index >= 15 is 0 Å². The molecule has 0 fully saturated rings. The monoisotopic (exact) mass is 228 g/mol. The van der Waals surface area contributed by atoms with Gasteiger partial charge in [-0.1, -0.05) is 24.3 Å². The summed E-state index contributed by atoms with van der Waals surface area (Å²) in [6.45, 7) is 2.10. The number of hydrogen-bond acceptors (Lipinski definition) is 4. The van der Waals surface area contributed by atoms with Crippen LogP contribution in [0, 0.1) is 6.92 Å². The number of hydrogen-bond donors (Lipinski definition) is 2. The predicted molar refractivity (Wildman–Crippen MR) is 67.0 cm³/mol.